The lowest BCUT2D eigenvalue weighted by atomic mass is 10.00. The lowest BCUT2D eigenvalue weighted by Gasteiger charge is -2.10. The minimum atomic E-state index is -0.494. The number of halogens is 1. The fourth-order valence-corrected chi connectivity index (χ4v) is 3.57. The molecule has 5 heteroatoms. The monoisotopic (exact) mass is 434 g/mol. The number of esters is 1. The molecule has 0 amide bonds. The number of carbonyl (C=O) groups excluding carboxylic acids is 1. The van der Waals surface area contributed by atoms with Crippen LogP contribution in [0, 0.1) is 6.92 Å². The van der Waals surface area contributed by atoms with Gasteiger partial charge in [0.15, 0.2) is 0 Å². The predicted octanol–water partition coefficient (Wildman–Crippen LogP) is 5.75. The van der Waals surface area contributed by atoms with Crippen LogP contribution in [0.2, 0.25) is 0 Å². The molecule has 0 aliphatic rings. The normalized spacial score (nSPS) is 10.8. The molecule has 0 saturated carbocycles. The molecule has 4 rings (SSSR count). The van der Waals surface area contributed by atoms with Crippen LogP contribution in [0.5, 0.6) is 5.75 Å². The Labute approximate surface area is 169 Å². The summed E-state index contributed by atoms with van der Waals surface area (Å²) in [7, 11) is 0. The average Bonchev–Trinajstić information content (AvgIpc) is 2.69. The molecular weight excluding hydrogens is 420 g/mol. The molecule has 0 saturated heterocycles. The van der Waals surface area contributed by atoms with Crippen molar-refractivity contribution < 1.29 is 13.9 Å². The van der Waals surface area contributed by atoms with Crippen LogP contribution in [-0.4, -0.2) is 5.97 Å². The Bertz CT molecular complexity index is 1240. The van der Waals surface area contributed by atoms with E-state index in [4.69, 9.17) is 9.15 Å². The van der Waals surface area contributed by atoms with Gasteiger partial charge in [-0.25, -0.2) is 9.59 Å². The Morgan fingerprint density at radius 1 is 0.964 bits per heavy atom. The van der Waals surface area contributed by atoms with Gasteiger partial charge in [0.25, 0.3) is 0 Å². The molecule has 4 aromatic rings. The predicted molar refractivity (Wildman–Crippen MR) is 112 cm³/mol. The zero-order valence-corrected chi connectivity index (χ0v) is 16.5. The summed E-state index contributed by atoms with van der Waals surface area (Å²) in [6, 6.07) is 21.5. The molecule has 28 heavy (non-hydrogen) atoms. The highest BCUT2D eigenvalue weighted by atomic mass is 79.9. The molecule has 0 aliphatic heterocycles. The molecule has 0 N–H and O–H groups in total. The van der Waals surface area contributed by atoms with Gasteiger partial charge in [0.2, 0.25) is 0 Å². The third-order valence-corrected chi connectivity index (χ3v) is 5.20. The Balaban J connectivity index is 1.74. The Morgan fingerprint density at radius 3 is 2.43 bits per heavy atom. The Morgan fingerprint density at radius 2 is 1.68 bits per heavy atom. The van der Waals surface area contributed by atoms with E-state index < -0.39 is 11.6 Å². The van der Waals surface area contributed by atoms with E-state index in [0.29, 0.717) is 26.9 Å². The number of carbonyl (C=O) groups is 1. The maximum absolute atomic E-state index is 12.6. The highest BCUT2D eigenvalue weighted by Crippen LogP contribution is 2.29. The van der Waals surface area contributed by atoms with Crippen molar-refractivity contribution in [3.8, 4) is 16.9 Å². The summed E-state index contributed by atoms with van der Waals surface area (Å²) < 4.78 is 11.6. The Kier molecular flexibility index (Phi) is 4.84. The van der Waals surface area contributed by atoms with Crippen LogP contribution < -0.4 is 10.4 Å². The molecule has 1 aromatic heterocycles. The van der Waals surface area contributed by atoms with E-state index in [0.717, 1.165) is 16.5 Å². The van der Waals surface area contributed by atoms with Gasteiger partial charge in [0.05, 0.1) is 11.1 Å². The zero-order valence-electron chi connectivity index (χ0n) is 14.9. The summed E-state index contributed by atoms with van der Waals surface area (Å²) in [5.74, 6) is -0.185. The van der Waals surface area contributed by atoms with Gasteiger partial charge in [0.1, 0.15) is 11.3 Å². The number of ether oxygens (including phenoxy) is 1. The van der Waals surface area contributed by atoms with Gasteiger partial charge in [0, 0.05) is 15.9 Å². The van der Waals surface area contributed by atoms with Crippen LogP contribution in [-0.2, 0) is 0 Å². The molecular formula is C23H15BrO4. The summed E-state index contributed by atoms with van der Waals surface area (Å²) in [5.41, 5.74) is 2.53. The maximum atomic E-state index is 12.6. The van der Waals surface area contributed by atoms with Crippen molar-refractivity contribution in [3.05, 3.63) is 98.8 Å². The molecule has 0 bridgehead atoms. The van der Waals surface area contributed by atoms with Gasteiger partial charge in [-0.15, -0.1) is 0 Å². The van der Waals surface area contributed by atoms with Crippen molar-refractivity contribution in [1.82, 2.24) is 0 Å². The van der Waals surface area contributed by atoms with Gasteiger partial charge in [-0.3, -0.25) is 0 Å². The molecule has 0 unspecified atom stereocenters. The average molecular weight is 435 g/mol. The topological polar surface area (TPSA) is 56.5 Å². The van der Waals surface area contributed by atoms with Gasteiger partial charge in [-0.2, -0.15) is 0 Å². The van der Waals surface area contributed by atoms with E-state index >= 15 is 0 Å². The van der Waals surface area contributed by atoms with Crippen molar-refractivity contribution in [1.29, 1.82) is 0 Å². The summed E-state index contributed by atoms with van der Waals surface area (Å²) in [4.78, 5) is 25.0. The summed E-state index contributed by atoms with van der Waals surface area (Å²) >= 11 is 3.34. The fraction of sp³-hybridized carbons (Fsp3) is 0.0435. The second-order valence-corrected chi connectivity index (χ2v) is 7.14. The molecule has 0 fully saturated rings. The summed E-state index contributed by atoms with van der Waals surface area (Å²) in [6.07, 6.45) is 0. The molecule has 1 heterocycles. The molecule has 0 aliphatic carbocycles. The first-order chi connectivity index (χ1) is 13.5. The lowest BCUT2D eigenvalue weighted by Crippen LogP contribution is -2.09. The molecule has 3 aromatic carbocycles. The zero-order chi connectivity index (χ0) is 19.7. The first-order valence-corrected chi connectivity index (χ1v) is 9.43. The van der Waals surface area contributed by atoms with Gasteiger partial charge < -0.3 is 9.15 Å². The van der Waals surface area contributed by atoms with Crippen LogP contribution in [0.1, 0.15) is 15.9 Å². The quantitative estimate of drug-likeness (QED) is 0.234. The number of rotatable bonds is 3. The number of aryl methyl sites for hydroxylation is 1. The van der Waals surface area contributed by atoms with E-state index in [1.54, 1.807) is 36.4 Å². The second-order valence-electron chi connectivity index (χ2n) is 6.28. The lowest BCUT2D eigenvalue weighted by molar-refractivity contribution is 0.0734. The van der Waals surface area contributed by atoms with E-state index in [2.05, 4.69) is 15.9 Å². The van der Waals surface area contributed by atoms with Crippen LogP contribution in [0.25, 0.3) is 22.1 Å². The molecule has 0 radical (unpaired) electrons. The van der Waals surface area contributed by atoms with Crippen molar-refractivity contribution in [3.63, 3.8) is 0 Å². The van der Waals surface area contributed by atoms with Gasteiger partial charge in [-0.1, -0.05) is 42.5 Å². The van der Waals surface area contributed by atoms with Crippen LogP contribution >= 0.6 is 15.9 Å². The molecule has 138 valence electrons. The SMILES string of the molecule is Cc1c(-c2ccccc2)c(=O)oc2cc(OC(=O)c3ccccc3Br)ccc12. The first-order valence-electron chi connectivity index (χ1n) is 8.64. The van der Waals surface area contributed by atoms with Crippen molar-refractivity contribution in [2.75, 3.05) is 0 Å². The van der Waals surface area contributed by atoms with Crippen LogP contribution in [0.4, 0.5) is 0 Å². The third-order valence-electron chi connectivity index (χ3n) is 4.51. The highest BCUT2D eigenvalue weighted by molar-refractivity contribution is 9.10. The standard InChI is InChI=1S/C23H15BrO4/c1-14-17-12-11-16(27-22(25)18-9-5-6-10-19(18)24)13-20(17)28-23(26)21(14)15-7-3-2-4-8-15/h2-13H,1H3. The minimum Gasteiger partial charge on any atom is -0.423 e. The molecule has 0 spiro atoms. The smallest absolute Gasteiger partial charge is 0.344 e. The van der Waals surface area contributed by atoms with E-state index in [1.165, 1.54) is 0 Å². The Hall–Kier alpha value is -3.18. The number of hydrogen-bond donors (Lipinski definition) is 0. The fourth-order valence-electron chi connectivity index (χ4n) is 3.13. The minimum absolute atomic E-state index is 0.309. The molecule has 0 atom stereocenters. The largest absolute Gasteiger partial charge is 0.423 e. The first kappa shape index (κ1) is 18.2. The number of hydrogen-bond acceptors (Lipinski definition) is 4. The summed E-state index contributed by atoms with van der Waals surface area (Å²) in [6.45, 7) is 1.88. The van der Waals surface area contributed by atoms with E-state index in [1.807, 2.05) is 43.3 Å². The highest BCUT2D eigenvalue weighted by Gasteiger charge is 2.16. The van der Waals surface area contributed by atoms with Crippen molar-refractivity contribution >= 4 is 32.9 Å². The number of fused-ring (bicyclic) bond motifs is 1. The maximum Gasteiger partial charge on any atom is 0.344 e. The van der Waals surface area contributed by atoms with Gasteiger partial charge in [-0.05, 0) is 58.2 Å². The summed E-state index contributed by atoms with van der Waals surface area (Å²) in [5, 5.41) is 0.791. The van der Waals surface area contributed by atoms with Gasteiger partial charge >= 0.3 is 11.6 Å². The van der Waals surface area contributed by atoms with Crippen molar-refractivity contribution in [2.45, 2.75) is 6.92 Å². The van der Waals surface area contributed by atoms with E-state index in [-0.39, 0.29) is 0 Å². The van der Waals surface area contributed by atoms with E-state index in [9.17, 15) is 9.59 Å². The second kappa shape index (κ2) is 7.44. The third kappa shape index (κ3) is 3.37. The van der Waals surface area contributed by atoms with Crippen LogP contribution in [0.3, 0.4) is 0 Å². The van der Waals surface area contributed by atoms with Crippen LogP contribution in [0.15, 0.2) is 86.5 Å². The molecule has 4 nitrogen and oxygen atoms in total. The number of benzene rings is 3. The van der Waals surface area contributed by atoms with Crippen molar-refractivity contribution in [2.24, 2.45) is 0 Å².